The van der Waals surface area contributed by atoms with Gasteiger partial charge in [0.2, 0.25) is 0 Å². The van der Waals surface area contributed by atoms with Crippen molar-refractivity contribution in [2.24, 2.45) is 0 Å². The first-order valence-corrected chi connectivity index (χ1v) is 5.68. The zero-order valence-electron chi connectivity index (χ0n) is 9.42. The standard InChI is InChI=1S/C11H23NO2/c1-10(13-2)9-12-7-8-14-11-5-3-4-6-11/h10-12H,3-9H2,1-2H3. The quantitative estimate of drug-likeness (QED) is 0.634. The minimum Gasteiger partial charge on any atom is -0.380 e. The van der Waals surface area contributed by atoms with Crippen LogP contribution in [0.4, 0.5) is 0 Å². The predicted octanol–water partition coefficient (Wildman–Crippen LogP) is 1.57. The van der Waals surface area contributed by atoms with E-state index in [1.54, 1.807) is 7.11 Å². The van der Waals surface area contributed by atoms with Crippen LogP contribution in [0.5, 0.6) is 0 Å². The van der Waals surface area contributed by atoms with E-state index in [2.05, 4.69) is 12.2 Å². The van der Waals surface area contributed by atoms with Crippen molar-refractivity contribution in [2.45, 2.75) is 44.8 Å². The topological polar surface area (TPSA) is 30.5 Å². The molecule has 84 valence electrons. The van der Waals surface area contributed by atoms with Gasteiger partial charge < -0.3 is 14.8 Å². The Bertz CT molecular complexity index is 135. The largest absolute Gasteiger partial charge is 0.380 e. The molecule has 0 amide bonds. The number of nitrogens with one attached hydrogen (secondary N) is 1. The smallest absolute Gasteiger partial charge is 0.0667 e. The van der Waals surface area contributed by atoms with Crippen molar-refractivity contribution in [3.8, 4) is 0 Å². The van der Waals surface area contributed by atoms with E-state index in [4.69, 9.17) is 9.47 Å². The molecule has 14 heavy (non-hydrogen) atoms. The lowest BCUT2D eigenvalue weighted by Gasteiger charge is -2.13. The van der Waals surface area contributed by atoms with Crippen molar-refractivity contribution >= 4 is 0 Å². The molecule has 1 rings (SSSR count). The van der Waals surface area contributed by atoms with Crippen molar-refractivity contribution in [1.29, 1.82) is 0 Å². The van der Waals surface area contributed by atoms with Crippen LogP contribution in [0, 0.1) is 0 Å². The van der Waals surface area contributed by atoms with Crippen molar-refractivity contribution in [1.82, 2.24) is 5.32 Å². The monoisotopic (exact) mass is 201 g/mol. The van der Waals surface area contributed by atoms with Crippen LogP contribution < -0.4 is 5.32 Å². The summed E-state index contributed by atoms with van der Waals surface area (Å²) in [5.74, 6) is 0. The maximum absolute atomic E-state index is 5.72. The minimum atomic E-state index is 0.293. The van der Waals surface area contributed by atoms with E-state index in [-0.39, 0.29) is 0 Å². The fraction of sp³-hybridized carbons (Fsp3) is 1.00. The van der Waals surface area contributed by atoms with Gasteiger partial charge >= 0.3 is 0 Å². The number of hydrogen-bond acceptors (Lipinski definition) is 3. The zero-order chi connectivity index (χ0) is 10.2. The Morgan fingerprint density at radius 1 is 1.36 bits per heavy atom. The van der Waals surface area contributed by atoms with E-state index in [0.717, 1.165) is 19.7 Å². The summed E-state index contributed by atoms with van der Waals surface area (Å²) in [4.78, 5) is 0. The summed E-state index contributed by atoms with van der Waals surface area (Å²) in [6.45, 7) is 4.74. The van der Waals surface area contributed by atoms with Gasteiger partial charge in [0, 0.05) is 20.2 Å². The Labute approximate surface area is 87.2 Å². The molecule has 0 bridgehead atoms. The molecule has 1 unspecified atom stereocenters. The molecule has 0 heterocycles. The molecule has 1 aliphatic carbocycles. The minimum absolute atomic E-state index is 0.293. The third kappa shape index (κ3) is 4.94. The van der Waals surface area contributed by atoms with Crippen molar-refractivity contribution in [3.05, 3.63) is 0 Å². The first-order chi connectivity index (χ1) is 6.83. The van der Waals surface area contributed by atoms with Crippen LogP contribution in [0.2, 0.25) is 0 Å². The summed E-state index contributed by atoms with van der Waals surface area (Å²) in [6, 6.07) is 0. The summed E-state index contributed by atoms with van der Waals surface area (Å²) in [5, 5.41) is 3.31. The Morgan fingerprint density at radius 3 is 2.71 bits per heavy atom. The van der Waals surface area contributed by atoms with Gasteiger partial charge in [-0.25, -0.2) is 0 Å². The number of methoxy groups -OCH3 is 1. The van der Waals surface area contributed by atoms with Gasteiger partial charge in [-0.15, -0.1) is 0 Å². The third-order valence-electron chi connectivity index (χ3n) is 2.77. The highest BCUT2D eigenvalue weighted by molar-refractivity contribution is 4.66. The van der Waals surface area contributed by atoms with Crippen LogP contribution in [-0.2, 0) is 9.47 Å². The number of ether oxygens (including phenoxy) is 2. The molecule has 3 heteroatoms. The van der Waals surface area contributed by atoms with E-state index < -0.39 is 0 Å². The molecule has 3 nitrogen and oxygen atoms in total. The van der Waals surface area contributed by atoms with E-state index in [0.29, 0.717) is 12.2 Å². The molecular formula is C11H23NO2. The van der Waals surface area contributed by atoms with Gasteiger partial charge in [-0.3, -0.25) is 0 Å². The second-order valence-electron chi connectivity index (χ2n) is 4.03. The van der Waals surface area contributed by atoms with Crippen molar-refractivity contribution < 1.29 is 9.47 Å². The van der Waals surface area contributed by atoms with Crippen molar-refractivity contribution in [2.75, 3.05) is 26.8 Å². The SMILES string of the molecule is COC(C)CNCCOC1CCCC1. The Hall–Kier alpha value is -0.120. The molecule has 0 aromatic heterocycles. The molecule has 0 saturated heterocycles. The fourth-order valence-electron chi connectivity index (χ4n) is 1.74. The normalized spacial score (nSPS) is 20.1. The summed E-state index contributed by atoms with van der Waals surface area (Å²) in [7, 11) is 1.74. The molecule has 1 atom stereocenters. The highest BCUT2D eigenvalue weighted by Gasteiger charge is 2.14. The number of rotatable bonds is 7. The molecule has 1 saturated carbocycles. The van der Waals surface area contributed by atoms with Crippen LogP contribution in [-0.4, -0.2) is 39.0 Å². The summed E-state index contributed by atoms with van der Waals surface area (Å²) in [5.41, 5.74) is 0. The first-order valence-electron chi connectivity index (χ1n) is 5.68. The molecule has 0 radical (unpaired) electrons. The lowest BCUT2D eigenvalue weighted by molar-refractivity contribution is 0.0570. The molecule has 1 aliphatic rings. The van der Waals surface area contributed by atoms with Crippen LogP contribution in [0.1, 0.15) is 32.6 Å². The molecular weight excluding hydrogens is 178 g/mol. The Balaban J connectivity index is 1.84. The van der Waals surface area contributed by atoms with Gasteiger partial charge in [0.05, 0.1) is 18.8 Å². The van der Waals surface area contributed by atoms with Crippen molar-refractivity contribution in [3.63, 3.8) is 0 Å². The molecule has 0 aliphatic heterocycles. The fourth-order valence-corrected chi connectivity index (χ4v) is 1.74. The molecule has 1 fully saturated rings. The van der Waals surface area contributed by atoms with Crippen LogP contribution in [0.15, 0.2) is 0 Å². The van der Waals surface area contributed by atoms with Crippen LogP contribution in [0.3, 0.4) is 0 Å². The van der Waals surface area contributed by atoms with E-state index >= 15 is 0 Å². The maximum atomic E-state index is 5.72. The van der Waals surface area contributed by atoms with Gasteiger partial charge in [0.1, 0.15) is 0 Å². The van der Waals surface area contributed by atoms with Crippen LogP contribution >= 0.6 is 0 Å². The number of hydrogen-bond donors (Lipinski definition) is 1. The van der Waals surface area contributed by atoms with Gasteiger partial charge in [-0.1, -0.05) is 12.8 Å². The summed E-state index contributed by atoms with van der Waals surface area (Å²) >= 11 is 0. The van der Waals surface area contributed by atoms with E-state index in [9.17, 15) is 0 Å². The van der Waals surface area contributed by atoms with E-state index in [1.807, 2.05) is 0 Å². The molecule has 0 aromatic carbocycles. The van der Waals surface area contributed by atoms with Crippen LogP contribution in [0.25, 0.3) is 0 Å². The molecule has 0 spiro atoms. The predicted molar refractivity (Wildman–Crippen MR) is 57.5 cm³/mol. The molecule has 1 N–H and O–H groups in total. The van der Waals surface area contributed by atoms with Gasteiger partial charge in [-0.05, 0) is 19.8 Å². The summed E-state index contributed by atoms with van der Waals surface area (Å²) in [6.07, 6.45) is 6.04. The van der Waals surface area contributed by atoms with E-state index in [1.165, 1.54) is 25.7 Å². The second kappa shape index (κ2) is 7.21. The third-order valence-corrected chi connectivity index (χ3v) is 2.77. The lowest BCUT2D eigenvalue weighted by Crippen LogP contribution is -2.29. The molecule has 0 aromatic rings. The average Bonchev–Trinajstić information content (AvgIpc) is 2.69. The van der Waals surface area contributed by atoms with Gasteiger partial charge in [-0.2, -0.15) is 0 Å². The summed E-state index contributed by atoms with van der Waals surface area (Å²) < 4.78 is 10.8. The second-order valence-corrected chi connectivity index (χ2v) is 4.03. The van der Waals surface area contributed by atoms with Gasteiger partial charge in [0.15, 0.2) is 0 Å². The van der Waals surface area contributed by atoms with Gasteiger partial charge in [0.25, 0.3) is 0 Å². The Morgan fingerprint density at radius 2 is 2.07 bits per heavy atom. The highest BCUT2D eigenvalue weighted by Crippen LogP contribution is 2.20. The average molecular weight is 201 g/mol. The highest BCUT2D eigenvalue weighted by atomic mass is 16.5. The zero-order valence-corrected chi connectivity index (χ0v) is 9.42. The first kappa shape index (κ1) is 12.0. The Kier molecular flexibility index (Phi) is 6.15. The lowest BCUT2D eigenvalue weighted by atomic mass is 10.3. The maximum Gasteiger partial charge on any atom is 0.0667 e.